The fraction of sp³-hybridized carbons (Fsp3) is 0.438. The Hall–Kier alpha value is -3.13. The Bertz CT molecular complexity index is 1050. The number of nitrogen functional groups attached to an aromatic ring is 1. The molecule has 0 radical (unpaired) electrons. The Balaban J connectivity index is 1.74. The van der Waals surface area contributed by atoms with Crippen molar-refractivity contribution in [2.24, 2.45) is 0 Å². The van der Waals surface area contributed by atoms with E-state index in [4.69, 9.17) is 10.5 Å². The summed E-state index contributed by atoms with van der Waals surface area (Å²) in [4.78, 5) is 24.6. The molecule has 0 spiro atoms. The second kappa shape index (κ2) is 7.36. The van der Waals surface area contributed by atoms with Crippen molar-refractivity contribution in [1.29, 1.82) is 0 Å². The summed E-state index contributed by atoms with van der Waals surface area (Å²) < 4.78 is 8.22. The first-order valence-corrected chi connectivity index (χ1v) is 8.90. The number of fused-ring (bicyclic) bond motifs is 1. The molecule has 3 aromatic heterocycles. The predicted octanol–water partition coefficient (Wildman–Crippen LogP) is -2.04. The number of aliphatic hydroxyl groups excluding tert-OH is 3. The fourth-order valence-electron chi connectivity index (χ4n) is 3.14. The summed E-state index contributed by atoms with van der Waals surface area (Å²) in [6.45, 7) is 1.82. The number of hydrogen-bond donors (Lipinski definition) is 5. The third kappa shape index (κ3) is 3.19. The number of carbonyl (C=O) groups excluding carboxylic acids is 1. The number of anilines is 1. The Morgan fingerprint density at radius 2 is 2.14 bits per heavy atom. The number of carbonyl (C=O) groups is 1. The lowest BCUT2D eigenvalue weighted by Gasteiger charge is -2.16. The molecule has 3 aromatic rings. The van der Waals surface area contributed by atoms with Gasteiger partial charge in [-0.25, -0.2) is 9.67 Å². The lowest BCUT2D eigenvalue weighted by molar-refractivity contribution is -0.0511. The first-order chi connectivity index (χ1) is 13.9. The van der Waals surface area contributed by atoms with Crippen molar-refractivity contribution in [3.05, 3.63) is 24.3 Å². The van der Waals surface area contributed by atoms with Gasteiger partial charge in [-0.15, -0.1) is 0 Å². The molecule has 13 nitrogen and oxygen atoms in total. The van der Waals surface area contributed by atoms with Crippen LogP contribution in [0.2, 0.25) is 0 Å². The van der Waals surface area contributed by atoms with Gasteiger partial charge in [-0.1, -0.05) is 0 Å². The zero-order chi connectivity index (χ0) is 20.7. The van der Waals surface area contributed by atoms with Crippen molar-refractivity contribution >= 4 is 22.9 Å². The third-order valence-corrected chi connectivity index (χ3v) is 4.61. The minimum atomic E-state index is -1.31. The zero-order valence-corrected chi connectivity index (χ0v) is 15.4. The summed E-state index contributed by atoms with van der Waals surface area (Å²) in [5.74, 6) is -0.144. The van der Waals surface area contributed by atoms with Crippen molar-refractivity contribution in [3.63, 3.8) is 0 Å². The van der Waals surface area contributed by atoms with E-state index in [-0.39, 0.29) is 28.8 Å². The minimum Gasteiger partial charge on any atom is -0.394 e. The number of imidazole rings is 1. The van der Waals surface area contributed by atoms with Crippen molar-refractivity contribution in [2.45, 2.75) is 31.5 Å². The highest BCUT2D eigenvalue weighted by Crippen LogP contribution is 2.32. The maximum atomic E-state index is 11.9. The number of ether oxygens (including phenoxy) is 1. The number of rotatable bonds is 5. The molecule has 0 aliphatic carbocycles. The Morgan fingerprint density at radius 1 is 1.34 bits per heavy atom. The summed E-state index contributed by atoms with van der Waals surface area (Å²) in [5.41, 5.74) is 6.82. The van der Waals surface area contributed by atoms with Crippen LogP contribution >= 0.6 is 0 Å². The van der Waals surface area contributed by atoms with Gasteiger partial charge in [0.25, 0.3) is 11.9 Å². The average molecular weight is 404 g/mol. The molecule has 4 heterocycles. The molecule has 1 aliphatic rings. The molecule has 0 unspecified atom stereocenters. The second-order valence-corrected chi connectivity index (χ2v) is 6.49. The summed E-state index contributed by atoms with van der Waals surface area (Å²) in [7, 11) is 0. The highest BCUT2D eigenvalue weighted by atomic mass is 16.6. The summed E-state index contributed by atoms with van der Waals surface area (Å²) in [6, 6.07) is 0. The second-order valence-electron chi connectivity index (χ2n) is 6.49. The van der Waals surface area contributed by atoms with Crippen LogP contribution in [0.3, 0.4) is 0 Å². The van der Waals surface area contributed by atoms with Crippen LogP contribution in [0.25, 0.3) is 17.1 Å². The zero-order valence-electron chi connectivity index (χ0n) is 15.4. The van der Waals surface area contributed by atoms with E-state index < -0.39 is 31.1 Å². The molecule has 154 valence electrons. The fourth-order valence-corrected chi connectivity index (χ4v) is 3.14. The number of amides is 1. The summed E-state index contributed by atoms with van der Waals surface area (Å²) in [5, 5.41) is 36.4. The largest absolute Gasteiger partial charge is 0.394 e. The van der Waals surface area contributed by atoms with Crippen LogP contribution in [-0.4, -0.2) is 82.0 Å². The topological polar surface area (TPSA) is 186 Å². The van der Waals surface area contributed by atoms with Crippen molar-refractivity contribution < 1.29 is 24.9 Å². The van der Waals surface area contributed by atoms with Crippen LogP contribution in [0.1, 0.15) is 23.5 Å². The first-order valence-electron chi connectivity index (χ1n) is 8.90. The van der Waals surface area contributed by atoms with E-state index in [1.165, 1.54) is 28.0 Å². The van der Waals surface area contributed by atoms with Crippen LogP contribution in [0, 0.1) is 0 Å². The number of aromatic nitrogens is 6. The molecule has 13 heteroatoms. The standard InChI is InChI=1S/C16H20N8O5/c1-2-18-14(28)7-3-20-24(4-7)16-21-12(17)9-13(22-16)23(6-19-9)15-11(27)10(26)8(5-25)29-15/h3-4,6,8,10-11,15,25-27H,2,5H2,1H3,(H,18,28)(H2,17,21,22)/t8-,10-,11-,15-/m1/s1. The maximum absolute atomic E-state index is 11.9. The molecule has 1 saturated heterocycles. The number of nitrogens with two attached hydrogens (primary N) is 1. The molecule has 1 aliphatic heterocycles. The average Bonchev–Trinajstić information content (AvgIpc) is 3.41. The highest BCUT2D eigenvalue weighted by molar-refractivity contribution is 5.93. The molecule has 29 heavy (non-hydrogen) atoms. The number of hydrogen-bond acceptors (Lipinski definition) is 10. The van der Waals surface area contributed by atoms with Crippen LogP contribution < -0.4 is 11.1 Å². The minimum absolute atomic E-state index is 0.0607. The molecule has 0 aromatic carbocycles. The van der Waals surface area contributed by atoms with Gasteiger partial charge < -0.3 is 31.1 Å². The monoisotopic (exact) mass is 404 g/mol. The predicted molar refractivity (Wildman–Crippen MR) is 97.9 cm³/mol. The van der Waals surface area contributed by atoms with E-state index in [2.05, 4.69) is 25.4 Å². The number of nitrogens with zero attached hydrogens (tertiary/aromatic N) is 6. The van der Waals surface area contributed by atoms with Gasteiger partial charge in [0.2, 0.25) is 0 Å². The number of nitrogens with one attached hydrogen (secondary N) is 1. The van der Waals surface area contributed by atoms with Crippen molar-refractivity contribution in [1.82, 2.24) is 34.6 Å². The van der Waals surface area contributed by atoms with Gasteiger partial charge in [0.05, 0.1) is 24.7 Å². The lowest BCUT2D eigenvalue weighted by Crippen LogP contribution is -2.33. The van der Waals surface area contributed by atoms with Gasteiger partial charge in [-0.05, 0) is 6.92 Å². The van der Waals surface area contributed by atoms with Gasteiger partial charge in [-0.3, -0.25) is 9.36 Å². The maximum Gasteiger partial charge on any atom is 0.254 e. The Morgan fingerprint density at radius 3 is 2.83 bits per heavy atom. The van der Waals surface area contributed by atoms with Gasteiger partial charge >= 0.3 is 0 Å². The molecule has 4 rings (SSSR count). The van der Waals surface area contributed by atoms with Gasteiger partial charge in [0.1, 0.15) is 23.8 Å². The van der Waals surface area contributed by atoms with E-state index in [0.29, 0.717) is 12.1 Å². The van der Waals surface area contributed by atoms with Gasteiger partial charge in [-0.2, -0.15) is 15.1 Å². The van der Waals surface area contributed by atoms with E-state index in [9.17, 15) is 20.1 Å². The van der Waals surface area contributed by atoms with Crippen LogP contribution in [0.15, 0.2) is 18.7 Å². The molecular weight excluding hydrogens is 384 g/mol. The van der Waals surface area contributed by atoms with Gasteiger partial charge in [0, 0.05) is 12.7 Å². The molecule has 0 bridgehead atoms. The molecular formula is C16H20N8O5. The van der Waals surface area contributed by atoms with Crippen LogP contribution in [-0.2, 0) is 4.74 Å². The highest BCUT2D eigenvalue weighted by Gasteiger charge is 2.44. The molecule has 0 saturated carbocycles. The third-order valence-electron chi connectivity index (χ3n) is 4.61. The van der Waals surface area contributed by atoms with Crippen molar-refractivity contribution in [3.8, 4) is 5.95 Å². The Kier molecular flexibility index (Phi) is 4.87. The van der Waals surface area contributed by atoms with Crippen molar-refractivity contribution in [2.75, 3.05) is 18.9 Å². The van der Waals surface area contributed by atoms with Crippen LogP contribution in [0.4, 0.5) is 5.82 Å². The van der Waals surface area contributed by atoms with E-state index >= 15 is 0 Å². The molecule has 1 amide bonds. The number of aliphatic hydroxyl groups is 3. The lowest BCUT2D eigenvalue weighted by atomic mass is 10.1. The smallest absolute Gasteiger partial charge is 0.254 e. The van der Waals surface area contributed by atoms with Crippen LogP contribution in [0.5, 0.6) is 0 Å². The van der Waals surface area contributed by atoms with Gasteiger partial charge in [0.15, 0.2) is 17.7 Å². The Labute approximate surface area is 163 Å². The van der Waals surface area contributed by atoms with E-state index in [0.717, 1.165) is 0 Å². The first kappa shape index (κ1) is 19.2. The summed E-state index contributed by atoms with van der Waals surface area (Å²) in [6.07, 6.45) is -0.375. The van der Waals surface area contributed by atoms with E-state index in [1.54, 1.807) is 6.92 Å². The molecule has 4 atom stereocenters. The summed E-state index contributed by atoms with van der Waals surface area (Å²) >= 11 is 0. The van der Waals surface area contributed by atoms with E-state index in [1.807, 2.05) is 0 Å². The normalized spacial score (nSPS) is 24.3. The SMILES string of the molecule is CCNC(=O)c1cnn(-c2nc(N)c3ncn([C@@H]4O[C@H](CO)[C@@H](O)[C@H]4O)c3n2)c1. The molecule has 1 fully saturated rings. The molecule has 6 N–H and O–H groups in total. The quantitative estimate of drug-likeness (QED) is 0.317.